The van der Waals surface area contributed by atoms with Crippen LogP contribution in [0.1, 0.15) is 31.4 Å². The number of Topliss-reactive ketones (excluding diaryl/α,β-unsaturated/α-hetero) is 1. The molecule has 1 amide bonds. The number of ether oxygens (including phenoxy) is 1. The first-order valence-corrected chi connectivity index (χ1v) is 8.17. The van der Waals surface area contributed by atoms with Crippen LogP contribution in [0.2, 0.25) is 0 Å². The molecule has 0 aliphatic rings. The van der Waals surface area contributed by atoms with Gasteiger partial charge in [-0.25, -0.2) is 4.39 Å². The molecule has 2 aromatic rings. The highest BCUT2D eigenvalue weighted by Gasteiger charge is 2.14. The maximum absolute atomic E-state index is 13.1. The van der Waals surface area contributed by atoms with Gasteiger partial charge in [0, 0.05) is 18.9 Å². The molecule has 0 aliphatic heterocycles. The predicted molar refractivity (Wildman–Crippen MR) is 93.5 cm³/mol. The van der Waals surface area contributed by atoms with E-state index in [2.05, 4.69) is 5.32 Å². The topological polar surface area (TPSA) is 55.4 Å². The Kier molecular flexibility index (Phi) is 6.69. The van der Waals surface area contributed by atoms with E-state index in [0.717, 1.165) is 11.1 Å². The van der Waals surface area contributed by atoms with E-state index in [9.17, 15) is 14.0 Å². The smallest absolute Gasteiger partial charge is 0.223 e. The fourth-order valence-electron chi connectivity index (χ4n) is 2.38. The van der Waals surface area contributed by atoms with Crippen LogP contribution in [0.3, 0.4) is 0 Å². The Bertz CT molecular complexity index is 728. The van der Waals surface area contributed by atoms with Crippen molar-refractivity contribution in [3.8, 4) is 5.75 Å². The Hall–Kier alpha value is -2.69. The summed E-state index contributed by atoms with van der Waals surface area (Å²) in [5, 5.41) is 2.81. The van der Waals surface area contributed by atoms with E-state index >= 15 is 0 Å². The number of hydrogen-bond acceptors (Lipinski definition) is 3. The minimum Gasteiger partial charge on any atom is -0.489 e. The lowest BCUT2D eigenvalue weighted by molar-refractivity contribution is -0.128. The number of carbonyl (C=O) groups excluding carboxylic acids is 2. The fourth-order valence-corrected chi connectivity index (χ4v) is 2.38. The highest BCUT2D eigenvalue weighted by molar-refractivity contribution is 5.85. The molecule has 0 saturated heterocycles. The second-order valence-electron chi connectivity index (χ2n) is 6.09. The van der Waals surface area contributed by atoms with E-state index in [1.165, 1.54) is 19.1 Å². The molecule has 0 saturated carbocycles. The Morgan fingerprint density at radius 2 is 1.84 bits per heavy atom. The molecule has 2 aromatic carbocycles. The molecular formula is C20H22FNO3. The lowest BCUT2D eigenvalue weighted by Gasteiger charge is -2.11. The molecule has 0 bridgehead atoms. The van der Waals surface area contributed by atoms with Crippen molar-refractivity contribution in [2.45, 2.75) is 33.4 Å². The summed E-state index contributed by atoms with van der Waals surface area (Å²) < 4.78 is 18.7. The van der Waals surface area contributed by atoms with E-state index in [0.29, 0.717) is 12.3 Å². The molecule has 0 fully saturated rings. The van der Waals surface area contributed by atoms with E-state index in [-0.39, 0.29) is 36.5 Å². The third-order valence-corrected chi connectivity index (χ3v) is 3.73. The fraction of sp³-hybridized carbons (Fsp3) is 0.300. The molecule has 1 atom stereocenters. The highest BCUT2D eigenvalue weighted by atomic mass is 19.1. The average Bonchev–Trinajstić information content (AvgIpc) is 2.58. The van der Waals surface area contributed by atoms with Crippen LogP contribution in [0.5, 0.6) is 5.75 Å². The van der Waals surface area contributed by atoms with Gasteiger partial charge in [-0.3, -0.25) is 4.79 Å². The molecular weight excluding hydrogens is 321 g/mol. The number of halogens is 1. The van der Waals surface area contributed by atoms with Crippen molar-refractivity contribution < 1.29 is 18.7 Å². The summed E-state index contributed by atoms with van der Waals surface area (Å²) in [6, 6.07) is 13.6. The third kappa shape index (κ3) is 6.37. The molecule has 132 valence electrons. The highest BCUT2D eigenvalue weighted by Crippen LogP contribution is 2.15. The Morgan fingerprint density at radius 3 is 2.48 bits per heavy atom. The maximum Gasteiger partial charge on any atom is 0.223 e. The summed E-state index contributed by atoms with van der Waals surface area (Å²) in [7, 11) is 0. The van der Waals surface area contributed by atoms with E-state index in [1.54, 1.807) is 31.2 Å². The standard InChI is InChI=1S/C20H22FNO3/c1-14(10-15(2)23)20(24)22-12-16-6-8-19(9-7-16)25-13-17-4-3-5-18(21)11-17/h3-9,11,14H,10,12-13H2,1-2H3,(H,22,24)/t14-/m0/s1. The minimum atomic E-state index is -0.327. The van der Waals surface area contributed by atoms with Crippen molar-refractivity contribution in [2.24, 2.45) is 5.92 Å². The van der Waals surface area contributed by atoms with Crippen molar-refractivity contribution in [3.63, 3.8) is 0 Å². The van der Waals surface area contributed by atoms with Gasteiger partial charge in [-0.05, 0) is 42.3 Å². The molecule has 1 N–H and O–H groups in total. The zero-order chi connectivity index (χ0) is 18.2. The van der Waals surface area contributed by atoms with Gasteiger partial charge < -0.3 is 14.8 Å². The van der Waals surface area contributed by atoms with E-state index in [4.69, 9.17) is 4.74 Å². The van der Waals surface area contributed by atoms with Gasteiger partial charge in [-0.2, -0.15) is 0 Å². The predicted octanol–water partition coefficient (Wildman–Crippen LogP) is 3.64. The maximum atomic E-state index is 13.1. The molecule has 0 unspecified atom stereocenters. The second kappa shape index (κ2) is 8.97. The van der Waals surface area contributed by atoms with Crippen LogP contribution in [0, 0.1) is 11.7 Å². The zero-order valence-electron chi connectivity index (χ0n) is 14.4. The monoisotopic (exact) mass is 343 g/mol. The van der Waals surface area contributed by atoms with Crippen molar-refractivity contribution in [3.05, 3.63) is 65.5 Å². The quantitative estimate of drug-likeness (QED) is 0.796. The van der Waals surface area contributed by atoms with Gasteiger partial charge in [0.1, 0.15) is 24.0 Å². The number of benzene rings is 2. The molecule has 0 heterocycles. The number of amides is 1. The lowest BCUT2D eigenvalue weighted by atomic mass is 10.0. The molecule has 5 heteroatoms. The molecule has 0 aliphatic carbocycles. The first-order chi connectivity index (χ1) is 11.9. The van der Waals surface area contributed by atoms with Gasteiger partial charge in [-0.15, -0.1) is 0 Å². The van der Waals surface area contributed by atoms with Crippen molar-refractivity contribution in [1.29, 1.82) is 0 Å². The lowest BCUT2D eigenvalue weighted by Crippen LogP contribution is -2.29. The molecule has 25 heavy (non-hydrogen) atoms. The summed E-state index contributed by atoms with van der Waals surface area (Å²) in [4.78, 5) is 22.9. The number of nitrogens with one attached hydrogen (secondary N) is 1. The first kappa shape index (κ1) is 18.6. The number of carbonyl (C=O) groups is 2. The Morgan fingerprint density at radius 1 is 1.12 bits per heavy atom. The van der Waals surface area contributed by atoms with Crippen LogP contribution in [0.15, 0.2) is 48.5 Å². The number of hydrogen-bond donors (Lipinski definition) is 1. The second-order valence-corrected chi connectivity index (χ2v) is 6.09. The van der Waals surface area contributed by atoms with E-state index < -0.39 is 0 Å². The van der Waals surface area contributed by atoms with Gasteiger partial charge in [0.05, 0.1) is 0 Å². The van der Waals surface area contributed by atoms with Gasteiger partial charge in [-0.1, -0.05) is 31.2 Å². The molecule has 4 nitrogen and oxygen atoms in total. The molecule has 0 radical (unpaired) electrons. The Balaban J connectivity index is 1.81. The van der Waals surface area contributed by atoms with Crippen molar-refractivity contribution in [1.82, 2.24) is 5.32 Å². The molecule has 2 rings (SSSR count). The normalized spacial score (nSPS) is 11.6. The molecule has 0 aromatic heterocycles. The van der Waals surface area contributed by atoms with Crippen LogP contribution in [0.4, 0.5) is 4.39 Å². The van der Waals surface area contributed by atoms with Gasteiger partial charge in [0.2, 0.25) is 5.91 Å². The summed E-state index contributed by atoms with van der Waals surface area (Å²) in [5.41, 5.74) is 1.69. The number of rotatable bonds is 8. The van der Waals surface area contributed by atoms with Crippen LogP contribution in [0.25, 0.3) is 0 Å². The van der Waals surface area contributed by atoms with E-state index in [1.807, 2.05) is 12.1 Å². The summed E-state index contributed by atoms with van der Waals surface area (Å²) in [6.45, 7) is 3.90. The van der Waals surface area contributed by atoms with Gasteiger partial charge in [0.15, 0.2) is 0 Å². The van der Waals surface area contributed by atoms with Crippen molar-refractivity contribution in [2.75, 3.05) is 0 Å². The van der Waals surface area contributed by atoms with Crippen LogP contribution in [-0.2, 0) is 22.7 Å². The first-order valence-electron chi connectivity index (χ1n) is 8.17. The van der Waals surface area contributed by atoms with Crippen LogP contribution >= 0.6 is 0 Å². The Labute approximate surface area is 147 Å². The molecule has 0 spiro atoms. The summed E-state index contributed by atoms with van der Waals surface area (Å²) >= 11 is 0. The third-order valence-electron chi connectivity index (χ3n) is 3.73. The SMILES string of the molecule is CC(=O)C[C@H](C)C(=O)NCc1ccc(OCc2cccc(F)c2)cc1. The summed E-state index contributed by atoms with van der Waals surface area (Å²) in [5.74, 6) is -0.0778. The largest absolute Gasteiger partial charge is 0.489 e. The average molecular weight is 343 g/mol. The van der Waals surface area contributed by atoms with Gasteiger partial charge >= 0.3 is 0 Å². The minimum absolute atomic E-state index is 0.00227. The van der Waals surface area contributed by atoms with Gasteiger partial charge in [0.25, 0.3) is 0 Å². The van der Waals surface area contributed by atoms with Crippen LogP contribution < -0.4 is 10.1 Å². The summed E-state index contributed by atoms with van der Waals surface area (Å²) in [6.07, 6.45) is 0.249. The van der Waals surface area contributed by atoms with Crippen molar-refractivity contribution >= 4 is 11.7 Å². The number of ketones is 1. The zero-order valence-corrected chi connectivity index (χ0v) is 14.4. The van der Waals surface area contributed by atoms with Crippen LogP contribution in [-0.4, -0.2) is 11.7 Å².